The maximum absolute atomic E-state index is 12.3. The minimum absolute atomic E-state index is 0.0139. The number of hydrogen-bond acceptors (Lipinski definition) is 6. The predicted octanol–water partition coefficient (Wildman–Crippen LogP) is 4.27. The van der Waals surface area contributed by atoms with E-state index in [0.29, 0.717) is 31.0 Å². The van der Waals surface area contributed by atoms with Crippen molar-refractivity contribution in [3.05, 3.63) is 78.4 Å². The van der Waals surface area contributed by atoms with Crippen molar-refractivity contribution in [2.45, 2.75) is 39.2 Å². The van der Waals surface area contributed by atoms with Crippen LogP contribution in [0.4, 0.5) is 0 Å². The summed E-state index contributed by atoms with van der Waals surface area (Å²) in [5.41, 5.74) is 4.11. The zero-order chi connectivity index (χ0) is 22.3. The minimum Gasteiger partial charge on any atom is -0.291 e. The number of benzene rings is 2. The van der Waals surface area contributed by atoms with Crippen LogP contribution in [-0.2, 0) is 13.0 Å². The molecular formula is C24H25N7O. The van der Waals surface area contributed by atoms with Crippen molar-refractivity contribution in [1.29, 1.82) is 0 Å². The molecule has 0 atom stereocenters. The molecular weight excluding hydrogens is 402 g/mol. The number of aromatic nitrogens is 7. The van der Waals surface area contributed by atoms with Crippen LogP contribution in [0.5, 0.6) is 0 Å². The Hall–Kier alpha value is -3.94. The molecule has 2 heterocycles. The van der Waals surface area contributed by atoms with Gasteiger partial charge in [0.05, 0.1) is 6.54 Å². The molecule has 0 aliphatic heterocycles. The van der Waals surface area contributed by atoms with E-state index in [2.05, 4.69) is 61.6 Å². The zero-order valence-electron chi connectivity index (χ0n) is 18.0. The van der Waals surface area contributed by atoms with Gasteiger partial charge in [-0.15, -0.1) is 16.8 Å². The van der Waals surface area contributed by atoms with Crippen molar-refractivity contribution in [1.82, 2.24) is 35.4 Å². The summed E-state index contributed by atoms with van der Waals surface area (Å²) >= 11 is 0. The van der Waals surface area contributed by atoms with Crippen LogP contribution in [0.2, 0.25) is 0 Å². The van der Waals surface area contributed by atoms with Gasteiger partial charge < -0.3 is 0 Å². The van der Waals surface area contributed by atoms with E-state index < -0.39 is 0 Å². The first-order chi connectivity index (χ1) is 15.7. The van der Waals surface area contributed by atoms with Gasteiger partial charge in [0.2, 0.25) is 11.6 Å². The molecule has 0 radical (unpaired) electrons. The third kappa shape index (κ3) is 4.69. The number of hydrogen-bond donors (Lipinski definition) is 1. The third-order valence-corrected chi connectivity index (χ3v) is 5.17. The largest absolute Gasteiger partial charge is 0.291 e. The number of aromatic amines is 1. The van der Waals surface area contributed by atoms with E-state index >= 15 is 0 Å². The molecule has 0 unspecified atom stereocenters. The van der Waals surface area contributed by atoms with Crippen LogP contribution >= 0.6 is 0 Å². The molecule has 0 bridgehead atoms. The van der Waals surface area contributed by atoms with Crippen LogP contribution in [0, 0.1) is 0 Å². The highest BCUT2D eigenvalue weighted by molar-refractivity contribution is 5.92. The van der Waals surface area contributed by atoms with Crippen molar-refractivity contribution in [3.63, 3.8) is 0 Å². The van der Waals surface area contributed by atoms with Crippen LogP contribution < -0.4 is 0 Å². The summed E-state index contributed by atoms with van der Waals surface area (Å²) in [5.74, 6) is 1.72. The molecule has 4 aromatic rings. The average molecular weight is 428 g/mol. The van der Waals surface area contributed by atoms with Gasteiger partial charge in [-0.25, -0.2) is 14.8 Å². The van der Waals surface area contributed by atoms with E-state index in [1.165, 1.54) is 0 Å². The number of ketones is 1. The first kappa shape index (κ1) is 21.3. The number of Topliss-reactive ketones (excluding diaryl/α,β-unsaturated/α-hetero) is 1. The molecule has 1 N–H and O–H groups in total. The Morgan fingerprint density at radius 3 is 2.59 bits per heavy atom. The molecule has 0 aliphatic rings. The molecule has 8 nitrogen and oxygen atoms in total. The first-order valence-corrected chi connectivity index (χ1v) is 10.7. The second-order valence-electron chi connectivity index (χ2n) is 7.50. The maximum Gasteiger partial charge on any atom is 0.217 e. The molecule has 32 heavy (non-hydrogen) atoms. The Labute approximate surface area is 186 Å². The number of aryl methyl sites for hydroxylation is 1. The maximum atomic E-state index is 12.3. The fourth-order valence-electron chi connectivity index (χ4n) is 3.55. The number of carbonyl (C=O) groups excluding carboxylic acids is 1. The summed E-state index contributed by atoms with van der Waals surface area (Å²) in [6, 6.07) is 16.3. The number of tetrazole rings is 1. The summed E-state index contributed by atoms with van der Waals surface area (Å²) in [6.07, 6.45) is 4.57. The Balaban J connectivity index is 1.58. The van der Waals surface area contributed by atoms with Crippen molar-refractivity contribution in [2.75, 3.05) is 0 Å². The van der Waals surface area contributed by atoms with Crippen molar-refractivity contribution < 1.29 is 4.79 Å². The minimum atomic E-state index is -0.0139. The van der Waals surface area contributed by atoms with Crippen LogP contribution in [0.1, 0.15) is 48.2 Å². The lowest BCUT2D eigenvalue weighted by molar-refractivity contribution is 0.0971. The molecule has 0 saturated carbocycles. The van der Waals surface area contributed by atoms with E-state index in [4.69, 9.17) is 0 Å². The van der Waals surface area contributed by atoms with Crippen LogP contribution in [0.15, 0.2) is 61.2 Å². The fraction of sp³-hybridized carbons (Fsp3) is 0.250. The summed E-state index contributed by atoms with van der Waals surface area (Å²) in [4.78, 5) is 16.8. The number of nitrogens with zero attached hydrogens (tertiary/aromatic N) is 6. The van der Waals surface area contributed by atoms with Crippen molar-refractivity contribution in [3.8, 4) is 22.5 Å². The second-order valence-corrected chi connectivity index (χ2v) is 7.50. The molecule has 0 saturated heterocycles. The summed E-state index contributed by atoms with van der Waals surface area (Å²) in [7, 11) is 0. The van der Waals surface area contributed by atoms with Gasteiger partial charge in [0.25, 0.3) is 0 Å². The van der Waals surface area contributed by atoms with Gasteiger partial charge in [0.15, 0.2) is 5.82 Å². The first-order valence-electron chi connectivity index (χ1n) is 10.7. The van der Waals surface area contributed by atoms with Gasteiger partial charge in [0.1, 0.15) is 5.82 Å². The van der Waals surface area contributed by atoms with Crippen LogP contribution in [-0.4, -0.2) is 41.2 Å². The van der Waals surface area contributed by atoms with Gasteiger partial charge in [-0.3, -0.25) is 4.79 Å². The summed E-state index contributed by atoms with van der Waals surface area (Å²) in [6.45, 7) is 6.31. The molecule has 8 heteroatoms. The Morgan fingerprint density at radius 2 is 1.91 bits per heavy atom. The predicted molar refractivity (Wildman–Crippen MR) is 122 cm³/mol. The van der Waals surface area contributed by atoms with Gasteiger partial charge in [0, 0.05) is 18.4 Å². The van der Waals surface area contributed by atoms with Gasteiger partial charge in [-0.2, -0.15) is 0 Å². The van der Waals surface area contributed by atoms with E-state index in [-0.39, 0.29) is 5.78 Å². The Morgan fingerprint density at radius 1 is 1.12 bits per heavy atom. The van der Waals surface area contributed by atoms with E-state index in [0.717, 1.165) is 40.9 Å². The van der Waals surface area contributed by atoms with E-state index in [1.54, 1.807) is 0 Å². The van der Waals surface area contributed by atoms with E-state index in [1.807, 2.05) is 41.9 Å². The standard InChI is InChI=1S/C24H25N7O/c1-3-5-11-22-25-24(21(32)8-4-2)28-31(22)16-17-12-14-18(15-13-17)19-9-6-7-10-20(19)23-26-29-30-27-23/h3,6-7,9-10,12-15H,1,4-5,8,11,16H2,2H3,(H,26,27,29,30). The quantitative estimate of drug-likeness (QED) is 0.299. The number of carbonyl (C=O) groups is 1. The number of H-pyrrole nitrogens is 1. The monoisotopic (exact) mass is 427 g/mol. The lowest BCUT2D eigenvalue weighted by atomic mass is 9.98. The lowest BCUT2D eigenvalue weighted by Crippen LogP contribution is -2.08. The SMILES string of the molecule is C=CCCc1nc(C(=O)CCC)nn1Cc1ccc(-c2ccccc2-c2nnn[nH]2)cc1. The van der Waals surface area contributed by atoms with Gasteiger partial charge in [-0.05, 0) is 40.0 Å². The van der Waals surface area contributed by atoms with Crippen LogP contribution in [0.3, 0.4) is 0 Å². The van der Waals surface area contributed by atoms with Crippen molar-refractivity contribution >= 4 is 5.78 Å². The molecule has 0 aliphatic carbocycles. The summed E-state index contributed by atoms with van der Waals surface area (Å²) < 4.78 is 1.83. The van der Waals surface area contributed by atoms with Crippen LogP contribution in [0.25, 0.3) is 22.5 Å². The number of rotatable bonds is 10. The van der Waals surface area contributed by atoms with Gasteiger partial charge in [-0.1, -0.05) is 61.5 Å². The molecule has 2 aromatic heterocycles. The zero-order valence-corrected chi connectivity index (χ0v) is 18.0. The topological polar surface area (TPSA) is 102 Å². The molecule has 0 amide bonds. The highest BCUT2D eigenvalue weighted by Crippen LogP contribution is 2.29. The summed E-state index contributed by atoms with van der Waals surface area (Å²) in [5, 5.41) is 18.7. The molecule has 0 spiro atoms. The average Bonchev–Trinajstić information content (AvgIpc) is 3.49. The lowest BCUT2D eigenvalue weighted by Gasteiger charge is -2.09. The van der Waals surface area contributed by atoms with Crippen molar-refractivity contribution in [2.24, 2.45) is 0 Å². The second kappa shape index (κ2) is 9.91. The molecule has 2 aromatic carbocycles. The highest BCUT2D eigenvalue weighted by atomic mass is 16.1. The van der Waals surface area contributed by atoms with Gasteiger partial charge >= 0.3 is 0 Å². The van der Waals surface area contributed by atoms with E-state index in [9.17, 15) is 4.79 Å². The Bertz CT molecular complexity index is 1190. The third-order valence-electron chi connectivity index (χ3n) is 5.17. The number of allylic oxidation sites excluding steroid dienone is 1. The molecule has 162 valence electrons. The highest BCUT2D eigenvalue weighted by Gasteiger charge is 2.16. The fourth-order valence-corrected chi connectivity index (χ4v) is 3.55. The normalized spacial score (nSPS) is 10.9. The smallest absolute Gasteiger partial charge is 0.217 e. The molecule has 4 rings (SSSR count). The Kier molecular flexibility index (Phi) is 6.60. The number of nitrogens with one attached hydrogen (secondary N) is 1. The molecule has 0 fully saturated rings.